The Morgan fingerprint density at radius 2 is 1.76 bits per heavy atom. The molecule has 2 aromatic rings. The van der Waals surface area contributed by atoms with Gasteiger partial charge in [0.25, 0.3) is 0 Å². The van der Waals surface area contributed by atoms with E-state index in [1.807, 2.05) is 4.90 Å². The Bertz CT molecular complexity index is 1030. The van der Waals surface area contributed by atoms with Crippen molar-refractivity contribution in [2.24, 2.45) is 0 Å². The lowest BCUT2D eigenvalue weighted by Gasteiger charge is -2.45. The molecular formula is C19H19F4N3O2S. The highest BCUT2D eigenvalue weighted by Gasteiger charge is 2.44. The van der Waals surface area contributed by atoms with Crippen molar-refractivity contribution in [2.45, 2.75) is 36.1 Å². The maximum atomic E-state index is 14.2. The summed E-state index contributed by atoms with van der Waals surface area (Å²) in [6, 6.07) is 9.03. The predicted octanol–water partition coefficient (Wildman–Crippen LogP) is 3.54. The molecule has 0 bridgehead atoms. The second-order valence-corrected chi connectivity index (χ2v) is 9.05. The van der Waals surface area contributed by atoms with E-state index < -0.39 is 33.2 Å². The second-order valence-electron chi connectivity index (χ2n) is 7.40. The summed E-state index contributed by atoms with van der Waals surface area (Å²) in [5.74, 6) is -0.640. The monoisotopic (exact) mass is 429 g/mol. The fraction of sp³-hybridized carbons (Fsp3) is 0.368. The number of hydrogen-bond donors (Lipinski definition) is 2. The van der Waals surface area contributed by atoms with Gasteiger partial charge in [-0.25, -0.2) is 12.8 Å². The van der Waals surface area contributed by atoms with Crippen LogP contribution in [0.5, 0.6) is 0 Å². The van der Waals surface area contributed by atoms with Gasteiger partial charge in [-0.15, -0.1) is 0 Å². The van der Waals surface area contributed by atoms with Crippen LogP contribution >= 0.6 is 0 Å². The van der Waals surface area contributed by atoms with Crippen molar-refractivity contribution in [3.8, 4) is 0 Å². The van der Waals surface area contributed by atoms with Crippen LogP contribution < -0.4 is 10.0 Å². The van der Waals surface area contributed by atoms with Gasteiger partial charge in [0.05, 0.1) is 11.3 Å². The number of anilines is 1. The highest BCUT2D eigenvalue weighted by Crippen LogP contribution is 2.37. The van der Waals surface area contributed by atoms with Crippen LogP contribution in [0.25, 0.3) is 0 Å². The summed E-state index contributed by atoms with van der Waals surface area (Å²) < 4.78 is 80.6. The first-order valence-electron chi connectivity index (χ1n) is 9.07. The molecule has 2 N–H and O–H groups in total. The predicted molar refractivity (Wildman–Crippen MR) is 99.0 cm³/mol. The molecule has 0 aliphatic carbocycles. The third-order valence-electron chi connectivity index (χ3n) is 5.33. The van der Waals surface area contributed by atoms with E-state index in [1.54, 1.807) is 6.07 Å². The Balaban J connectivity index is 1.48. The normalized spacial score (nSPS) is 20.8. The Hall–Kier alpha value is -2.17. The number of rotatable bonds is 2. The summed E-state index contributed by atoms with van der Waals surface area (Å²) in [6.07, 6.45) is -3.71. The van der Waals surface area contributed by atoms with Crippen molar-refractivity contribution < 1.29 is 26.0 Å². The molecule has 0 amide bonds. The quantitative estimate of drug-likeness (QED) is 0.717. The van der Waals surface area contributed by atoms with Crippen LogP contribution in [0, 0.1) is 5.82 Å². The molecule has 156 valence electrons. The topological polar surface area (TPSA) is 61.4 Å². The Morgan fingerprint density at radius 3 is 2.45 bits per heavy atom. The molecule has 1 saturated heterocycles. The standard InChI is InChI=1S/C19H19F4N3O2S/c20-15-5-2-6-16-17(15)24-18(25-29(16,27)28)7-9-26(10-8-18)12-13-3-1-4-14(11-13)19(21,22)23/h1-6,11,24-25H,7-10,12H2. The van der Waals surface area contributed by atoms with Crippen molar-refractivity contribution in [1.82, 2.24) is 9.62 Å². The van der Waals surface area contributed by atoms with Gasteiger partial charge in [0.15, 0.2) is 0 Å². The van der Waals surface area contributed by atoms with Crippen molar-refractivity contribution in [3.63, 3.8) is 0 Å². The molecule has 0 atom stereocenters. The van der Waals surface area contributed by atoms with E-state index in [4.69, 9.17) is 0 Å². The minimum atomic E-state index is -4.40. The lowest BCUT2D eigenvalue weighted by molar-refractivity contribution is -0.137. The van der Waals surface area contributed by atoms with Gasteiger partial charge >= 0.3 is 6.18 Å². The second kappa shape index (κ2) is 6.96. The maximum absolute atomic E-state index is 14.2. The van der Waals surface area contributed by atoms with Gasteiger partial charge in [0.1, 0.15) is 16.4 Å². The summed E-state index contributed by atoms with van der Waals surface area (Å²) >= 11 is 0. The molecule has 29 heavy (non-hydrogen) atoms. The number of piperidine rings is 1. The van der Waals surface area contributed by atoms with E-state index >= 15 is 0 Å². The van der Waals surface area contributed by atoms with E-state index in [2.05, 4.69) is 10.0 Å². The molecule has 5 nitrogen and oxygen atoms in total. The zero-order chi connectivity index (χ0) is 20.9. The van der Waals surface area contributed by atoms with Crippen molar-refractivity contribution in [3.05, 3.63) is 59.4 Å². The zero-order valence-electron chi connectivity index (χ0n) is 15.3. The Kier molecular flexibility index (Phi) is 4.83. The van der Waals surface area contributed by atoms with Crippen LogP contribution in [-0.4, -0.2) is 32.1 Å². The SMILES string of the molecule is O=S1(=O)NC2(CCN(Cc3cccc(C(F)(F)F)c3)CC2)Nc2c(F)cccc21. The third-order valence-corrected chi connectivity index (χ3v) is 6.91. The van der Waals surface area contributed by atoms with E-state index in [9.17, 15) is 26.0 Å². The molecule has 4 rings (SSSR count). The molecule has 10 heteroatoms. The van der Waals surface area contributed by atoms with Crippen molar-refractivity contribution in [1.29, 1.82) is 0 Å². The third kappa shape index (κ3) is 3.96. The average Bonchev–Trinajstić information content (AvgIpc) is 2.64. The molecule has 2 aliphatic rings. The maximum Gasteiger partial charge on any atom is 0.416 e. The van der Waals surface area contributed by atoms with Crippen molar-refractivity contribution >= 4 is 15.7 Å². The number of fused-ring (bicyclic) bond motifs is 1. The number of para-hydroxylation sites is 1. The van der Waals surface area contributed by atoms with E-state index in [-0.39, 0.29) is 10.6 Å². The number of hydrogen-bond acceptors (Lipinski definition) is 4. The number of alkyl halides is 3. The number of sulfonamides is 1. The van der Waals surface area contributed by atoms with E-state index in [1.165, 1.54) is 24.3 Å². The van der Waals surface area contributed by atoms with Gasteiger partial charge < -0.3 is 5.32 Å². The summed E-state index contributed by atoms with van der Waals surface area (Å²) in [7, 11) is -3.87. The molecule has 2 aliphatic heterocycles. The number of nitrogens with zero attached hydrogens (tertiary/aromatic N) is 1. The number of halogens is 4. The first kappa shape index (κ1) is 20.1. The summed E-state index contributed by atoms with van der Waals surface area (Å²) in [5.41, 5.74) is -1.22. The van der Waals surface area contributed by atoms with Crippen LogP contribution in [0.3, 0.4) is 0 Å². The summed E-state index contributed by atoms with van der Waals surface area (Å²) in [6.45, 7) is 1.20. The van der Waals surface area contributed by atoms with Gasteiger partial charge in [-0.3, -0.25) is 4.90 Å². The molecule has 0 saturated carbocycles. The van der Waals surface area contributed by atoms with E-state index in [0.717, 1.165) is 12.1 Å². The van der Waals surface area contributed by atoms with Crippen LogP contribution in [0.15, 0.2) is 47.4 Å². The minimum Gasteiger partial charge on any atom is -0.363 e. The molecule has 0 aromatic heterocycles. The molecule has 1 spiro atoms. The highest BCUT2D eigenvalue weighted by molar-refractivity contribution is 7.89. The van der Waals surface area contributed by atoms with E-state index in [0.29, 0.717) is 38.0 Å². The lowest BCUT2D eigenvalue weighted by atomic mass is 9.96. The largest absolute Gasteiger partial charge is 0.416 e. The van der Waals surface area contributed by atoms with Gasteiger partial charge in [0.2, 0.25) is 10.0 Å². The van der Waals surface area contributed by atoms with Gasteiger partial charge in [0, 0.05) is 19.6 Å². The fourth-order valence-electron chi connectivity index (χ4n) is 3.85. The van der Waals surface area contributed by atoms with Crippen molar-refractivity contribution in [2.75, 3.05) is 18.4 Å². The fourth-order valence-corrected chi connectivity index (χ4v) is 5.41. The Labute approximate surface area is 165 Å². The number of nitrogens with one attached hydrogen (secondary N) is 2. The van der Waals surface area contributed by atoms with Gasteiger partial charge in [-0.05, 0) is 36.6 Å². The molecule has 2 heterocycles. The summed E-state index contributed by atoms with van der Waals surface area (Å²) in [4.78, 5) is 1.82. The molecule has 0 radical (unpaired) electrons. The first-order valence-corrected chi connectivity index (χ1v) is 10.6. The molecular weight excluding hydrogens is 410 g/mol. The smallest absolute Gasteiger partial charge is 0.363 e. The van der Waals surface area contributed by atoms with Gasteiger partial charge in [-0.2, -0.15) is 17.9 Å². The van der Waals surface area contributed by atoms with Crippen LogP contribution in [0.4, 0.5) is 23.2 Å². The molecule has 2 aromatic carbocycles. The minimum absolute atomic E-state index is 0.0439. The zero-order valence-corrected chi connectivity index (χ0v) is 16.1. The average molecular weight is 429 g/mol. The summed E-state index contributed by atoms with van der Waals surface area (Å²) in [5, 5.41) is 3.01. The number of likely N-dealkylation sites (tertiary alicyclic amines) is 1. The van der Waals surface area contributed by atoms with Gasteiger partial charge in [-0.1, -0.05) is 24.3 Å². The molecule has 1 fully saturated rings. The Morgan fingerprint density at radius 1 is 1.07 bits per heavy atom. The van der Waals surface area contributed by atoms with Crippen LogP contribution in [-0.2, 0) is 22.7 Å². The van der Waals surface area contributed by atoms with Crippen LogP contribution in [0.1, 0.15) is 24.0 Å². The molecule has 0 unspecified atom stereocenters. The highest BCUT2D eigenvalue weighted by atomic mass is 32.2. The lowest BCUT2D eigenvalue weighted by Crippen LogP contribution is -2.62. The first-order chi connectivity index (χ1) is 13.6. The number of benzene rings is 2. The van der Waals surface area contributed by atoms with Crippen LogP contribution in [0.2, 0.25) is 0 Å².